The second kappa shape index (κ2) is 6.37. The van der Waals surface area contributed by atoms with Crippen LogP contribution in [0.3, 0.4) is 0 Å². The number of hydrogen-bond acceptors (Lipinski definition) is 4. The fourth-order valence-corrected chi connectivity index (χ4v) is 2.64. The molecule has 0 aliphatic heterocycles. The van der Waals surface area contributed by atoms with E-state index >= 15 is 0 Å². The number of nitrogens with one attached hydrogen (secondary N) is 1. The van der Waals surface area contributed by atoms with Crippen LogP contribution in [-0.4, -0.2) is 36.5 Å². The molecule has 0 amide bonds. The Bertz CT molecular complexity index is 546. The number of rotatable bonds is 6. The predicted molar refractivity (Wildman–Crippen MR) is 78.4 cm³/mol. The van der Waals surface area contributed by atoms with Crippen molar-refractivity contribution >= 4 is 15.8 Å². The van der Waals surface area contributed by atoms with E-state index in [-0.39, 0.29) is 12.3 Å². The van der Waals surface area contributed by atoms with E-state index in [1.54, 1.807) is 51.1 Å². The standard InChI is InChI=1S/C14H21NO4S/c1-14(2,3)20(18,19)10-9-15-12(13(16)17)11-7-5-4-6-8-11/h4-8,12,15H,9-10H2,1-3H3,(H,16,17). The van der Waals surface area contributed by atoms with Gasteiger partial charge in [-0.3, -0.25) is 10.1 Å². The Hall–Kier alpha value is -1.40. The molecule has 0 radical (unpaired) electrons. The van der Waals surface area contributed by atoms with Crippen LogP contribution in [0.5, 0.6) is 0 Å². The third kappa shape index (κ3) is 4.31. The minimum Gasteiger partial charge on any atom is -0.480 e. The summed E-state index contributed by atoms with van der Waals surface area (Å²) < 4.78 is 23.1. The normalized spacial score (nSPS) is 13.9. The van der Waals surface area contributed by atoms with Gasteiger partial charge >= 0.3 is 5.97 Å². The van der Waals surface area contributed by atoms with Crippen LogP contribution in [0.15, 0.2) is 30.3 Å². The molecule has 0 saturated carbocycles. The van der Waals surface area contributed by atoms with Crippen LogP contribution in [0.1, 0.15) is 32.4 Å². The van der Waals surface area contributed by atoms with Crippen molar-refractivity contribution in [1.82, 2.24) is 5.32 Å². The summed E-state index contributed by atoms with van der Waals surface area (Å²) in [6.45, 7) is 5.00. The number of carboxylic acids is 1. The van der Waals surface area contributed by atoms with Crippen molar-refractivity contribution in [3.8, 4) is 0 Å². The number of sulfone groups is 1. The molecule has 6 heteroatoms. The number of aliphatic carboxylic acids is 1. The van der Waals surface area contributed by atoms with Crippen LogP contribution >= 0.6 is 0 Å². The van der Waals surface area contributed by atoms with E-state index in [2.05, 4.69) is 5.32 Å². The molecule has 0 bridgehead atoms. The van der Waals surface area contributed by atoms with Gasteiger partial charge in [0.2, 0.25) is 0 Å². The van der Waals surface area contributed by atoms with Crippen LogP contribution in [0.2, 0.25) is 0 Å². The fourth-order valence-electron chi connectivity index (χ4n) is 1.64. The van der Waals surface area contributed by atoms with Crippen LogP contribution < -0.4 is 5.32 Å². The predicted octanol–water partition coefficient (Wildman–Crippen LogP) is 1.62. The molecular formula is C14H21NO4S. The lowest BCUT2D eigenvalue weighted by atomic mass is 10.1. The van der Waals surface area contributed by atoms with Gasteiger partial charge in [-0.25, -0.2) is 8.42 Å². The molecular weight excluding hydrogens is 278 g/mol. The highest BCUT2D eigenvalue weighted by atomic mass is 32.2. The second-order valence-corrected chi connectivity index (χ2v) is 8.43. The third-order valence-corrected chi connectivity index (χ3v) is 5.64. The van der Waals surface area contributed by atoms with Crippen molar-refractivity contribution in [2.24, 2.45) is 0 Å². The molecule has 0 heterocycles. The zero-order chi connectivity index (χ0) is 15.4. The highest BCUT2D eigenvalue weighted by Gasteiger charge is 2.29. The van der Waals surface area contributed by atoms with Crippen LogP contribution in [0.25, 0.3) is 0 Å². The van der Waals surface area contributed by atoms with Gasteiger partial charge in [0.15, 0.2) is 9.84 Å². The molecule has 1 rings (SSSR count). The molecule has 0 aromatic heterocycles. The first-order valence-electron chi connectivity index (χ1n) is 6.38. The van der Waals surface area contributed by atoms with E-state index in [0.29, 0.717) is 5.56 Å². The smallest absolute Gasteiger partial charge is 0.325 e. The molecule has 1 unspecified atom stereocenters. The van der Waals surface area contributed by atoms with Gasteiger partial charge < -0.3 is 5.11 Å². The Balaban J connectivity index is 2.70. The molecule has 2 N–H and O–H groups in total. The highest BCUT2D eigenvalue weighted by molar-refractivity contribution is 7.92. The van der Waals surface area contributed by atoms with Crippen molar-refractivity contribution < 1.29 is 18.3 Å². The van der Waals surface area contributed by atoms with Crippen molar-refractivity contribution in [2.75, 3.05) is 12.3 Å². The first-order chi connectivity index (χ1) is 9.15. The molecule has 1 aromatic carbocycles. The van der Waals surface area contributed by atoms with Crippen molar-refractivity contribution in [2.45, 2.75) is 31.6 Å². The van der Waals surface area contributed by atoms with E-state index in [0.717, 1.165) is 0 Å². The van der Waals surface area contributed by atoms with Gasteiger partial charge in [0.05, 0.1) is 10.5 Å². The average molecular weight is 299 g/mol. The number of carbonyl (C=O) groups is 1. The van der Waals surface area contributed by atoms with Crippen LogP contribution in [0.4, 0.5) is 0 Å². The Kier molecular flexibility index (Phi) is 5.30. The maximum Gasteiger partial charge on any atom is 0.325 e. The maximum absolute atomic E-state index is 12.0. The fraction of sp³-hybridized carbons (Fsp3) is 0.500. The van der Waals surface area contributed by atoms with E-state index in [1.807, 2.05) is 0 Å². The van der Waals surface area contributed by atoms with Gasteiger partial charge in [-0.2, -0.15) is 0 Å². The van der Waals surface area contributed by atoms with E-state index in [9.17, 15) is 18.3 Å². The van der Waals surface area contributed by atoms with Gasteiger partial charge in [-0.05, 0) is 26.3 Å². The molecule has 0 aliphatic carbocycles. The topological polar surface area (TPSA) is 83.5 Å². The first kappa shape index (κ1) is 16.7. The van der Waals surface area contributed by atoms with E-state index < -0.39 is 26.6 Å². The lowest BCUT2D eigenvalue weighted by molar-refractivity contribution is -0.139. The van der Waals surface area contributed by atoms with Crippen molar-refractivity contribution in [1.29, 1.82) is 0 Å². The van der Waals surface area contributed by atoms with Gasteiger partial charge in [0.25, 0.3) is 0 Å². The molecule has 112 valence electrons. The molecule has 1 aromatic rings. The monoisotopic (exact) mass is 299 g/mol. The molecule has 0 aliphatic rings. The number of benzene rings is 1. The van der Waals surface area contributed by atoms with E-state index in [1.165, 1.54) is 0 Å². The molecule has 1 atom stereocenters. The van der Waals surface area contributed by atoms with Gasteiger partial charge in [0, 0.05) is 6.54 Å². The zero-order valence-corrected chi connectivity index (χ0v) is 12.8. The molecule has 5 nitrogen and oxygen atoms in total. The summed E-state index contributed by atoms with van der Waals surface area (Å²) in [7, 11) is -3.26. The first-order valence-corrected chi connectivity index (χ1v) is 8.04. The summed E-state index contributed by atoms with van der Waals surface area (Å²) in [5.41, 5.74) is 0.605. The van der Waals surface area contributed by atoms with E-state index in [4.69, 9.17) is 0 Å². The minimum absolute atomic E-state index is 0.0902. The Morgan fingerprint density at radius 1 is 1.25 bits per heavy atom. The van der Waals surface area contributed by atoms with Crippen LogP contribution in [0, 0.1) is 0 Å². The summed E-state index contributed by atoms with van der Waals surface area (Å²) in [5.74, 6) is -1.11. The van der Waals surface area contributed by atoms with Gasteiger partial charge in [-0.15, -0.1) is 0 Å². The van der Waals surface area contributed by atoms with Gasteiger partial charge in [-0.1, -0.05) is 30.3 Å². The lowest BCUT2D eigenvalue weighted by Crippen LogP contribution is -2.37. The second-order valence-electron chi connectivity index (χ2n) is 5.57. The quantitative estimate of drug-likeness (QED) is 0.834. The molecule has 0 spiro atoms. The largest absolute Gasteiger partial charge is 0.480 e. The highest BCUT2D eigenvalue weighted by Crippen LogP contribution is 2.16. The van der Waals surface area contributed by atoms with Crippen LogP contribution in [-0.2, 0) is 14.6 Å². The number of hydrogen-bond donors (Lipinski definition) is 2. The minimum atomic E-state index is -3.26. The zero-order valence-electron chi connectivity index (χ0n) is 12.0. The number of carboxylic acid groups (broad SMARTS) is 1. The van der Waals surface area contributed by atoms with Crippen molar-refractivity contribution in [3.63, 3.8) is 0 Å². The molecule has 0 saturated heterocycles. The van der Waals surface area contributed by atoms with Crippen molar-refractivity contribution in [3.05, 3.63) is 35.9 Å². The Morgan fingerprint density at radius 3 is 2.25 bits per heavy atom. The van der Waals surface area contributed by atoms with Gasteiger partial charge in [0.1, 0.15) is 6.04 Å². The SMILES string of the molecule is CC(C)(C)S(=O)(=O)CCNC(C(=O)O)c1ccccc1. The maximum atomic E-state index is 12.0. The summed E-state index contributed by atoms with van der Waals surface area (Å²) in [6.07, 6.45) is 0. The average Bonchev–Trinajstić information content (AvgIpc) is 2.34. The Morgan fingerprint density at radius 2 is 1.80 bits per heavy atom. The summed E-state index contributed by atoms with van der Waals surface area (Å²) in [6, 6.07) is 7.80. The molecule has 20 heavy (non-hydrogen) atoms. The molecule has 0 fully saturated rings. The Labute approximate surface area is 119 Å². The third-order valence-electron chi connectivity index (χ3n) is 3.03. The summed E-state index contributed by atoms with van der Waals surface area (Å²) in [5, 5.41) is 12.0. The lowest BCUT2D eigenvalue weighted by Gasteiger charge is -2.20. The summed E-state index contributed by atoms with van der Waals surface area (Å²) >= 11 is 0. The summed E-state index contributed by atoms with van der Waals surface area (Å²) in [4.78, 5) is 11.2.